The van der Waals surface area contributed by atoms with E-state index in [-0.39, 0.29) is 23.7 Å². The lowest BCUT2D eigenvalue weighted by atomic mass is 9.96. The van der Waals surface area contributed by atoms with E-state index in [4.69, 9.17) is 4.74 Å². The molecular weight excluding hydrogens is 218 g/mol. The van der Waals surface area contributed by atoms with Gasteiger partial charge in [-0.1, -0.05) is 6.92 Å². The van der Waals surface area contributed by atoms with Crippen molar-refractivity contribution in [3.63, 3.8) is 0 Å². The van der Waals surface area contributed by atoms with Gasteiger partial charge >= 0.3 is 5.97 Å². The molecule has 2 fully saturated rings. The molecule has 1 aliphatic heterocycles. The smallest absolute Gasteiger partial charge is 0.310 e. The first kappa shape index (κ1) is 12.4. The highest BCUT2D eigenvalue weighted by Crippen LogP contribution is 2.37. The lowest BCUT2D eigenvalue weighted by molar-refractivity contribution is -0.149. The molecular formula is C13H21NO3. The number of amides is 1. The van der Waals surface area contributed by atoms with Crippen LogP contribution in [0.25, 0.3) is 0 Å². The summed E-state index contributed by atoms with van der Waals surface area (Å²) in [7, 11) is 1.41. The Morgan fingerprint density at radius 2 is 2.00 bits per heavy atom. The standard InChI is InChI=1S/C13H21NO3/c1-9(10-5-6-10)12(15)14-7-3-4-11(8-14)13(16)17-2/h9-11H,3-8H2,1-2H3. The highest BCUT2D eigenvalue weighted by molar-refractivity contribution is 5.80. The Kier molecular flexibility index (Phi) is 3.69. The Morgan fingerprint density at radius 1 is 1.29 bits per heavy atom. The second kappa shape index (κ2) is 5.07. The molecule has 2 unspecified atom stereocenters. The van der Waals surface area contributed by atoms with Crippen molar-refractivity contribution in [1.82, 2.24) is 4.90 Å². The molecule has 4 nitrogen and oxygen atoms in total. The fourth-order valence-electron chi connectivity index (χ4n) is 2.62. The van der Waals surface area contributed by atoms with Crippen LogP contribution in [-0.2, 0) is 14.3 Å². The number of esters is 1. The van der Waals surface area contributed by atoms with Crippen molar-refractivity contribution in [2.45, 2.75) is 32.6 Å². The van der Waals surface area contributed by atoms with Gasteiger partial charge in [-0.3, -0.25) is 9.59 Å². The number of carbonyl (C=O) groups is 2. The summed E-state index contributed by atoms with van der Waals surface area (Å²) in [5.74, 6) is 0.638. The first-order chi connectivity index (χ1) is 8.13. The third-order valence-electron chi connectivity index (χ3n) is 3.99. The Labute approximate surface area is 102 Å². The molecule has 0 aromatic heterocycles. The van der Waals surface area contributed by atoms with Crippen LogP contribution in [0.15, 0.2) is 0 Å². The average Bonchev–Trinajstić information content (AvgIpc) is 3.20. The van der Waals surface area contributed by atoms with Gasteiger partial charge in [0.25, 0.3) is 0 Å². The monoisotopic (exact) mass is 239 g/mol. The summed E-state index contributed by atoms with van der Waals surface area (Å²) in [4.78, 5) is 25.6. The summed E-state index contributed by atoms with van der Waals surface area (Å²) < 4.78 is 4.76. The van der Waals surface area contributed by atoms with Crippen molar-refractivity contribution in [2.24, 2.45) is 17.8 Å². The van der Waals surface area contributed by atoms with Crippen LogP contribution >= 0.6 is 0 Å². The lowest BCUT2D eigenvalue weighted by Crippen LogP contribution is -2.45. The number of hydrogen-bond acceptors (Lipinski definition) is 3. The van der Waals surface area contributed by atoms with E-state index in [0.717, 1.165) is 19.4 Å². The summed E-state index contributed by atoms with van der Waals surface area (Å²) in [5, 5.41) is 0. The minimum absolute atomic E-state index is 0.121. The van der Waals surface area contributed by atoms with Crippen molar-refractivity contribution in [1.29, 1.82) is 0 Å². The Bertz CT molecular complexity index is 312. The summed E-state index contributed by atoms with van der Waals surface area (Å²) >= 11 is 0. The molecule has 0 bridgehead atoms. The molecule has 1 saturated carbocycles. The number of ether oxygens (including phenoxy) is 1. The molecule has 0 N–H and O–H groups in total. The predicted molar refractivity (Wildman–Crippen MR) is 63.2 cm³/mol. The molecule has 4 heteroatoms. The van der Waals surface area contributed by atoms with Crippen LogP contribution in [0.2, 0.25) is 0 Å². The molecule has 0 aromatic carbocycles. The van der Waals surface area contributed by atoms with Gasteiger partial charge in [-0.2, -0.15) is 0 Å². The van der Waals surface area contributed by atoms with Crippen LogP contribution < -0.4 is 0 Å². The SMILES string of the molecule is COC(=O)C1CCCN(C(=O)C(C)C2CC2)C1. The molecule has 2 rings (SSSR count). The first-order valence-corrected chi connectivity index (χ1v) is 6.50. The summed E-state index contributed by atoms with van der Waals surface area (Å²) in [6.45, 7) is 3.35. The van der Waals surface area contributed by atoms with E-state index >= 15 is 0 Å². The number of piperidine rings is 1. The molecule has 1 saturated heterocycles. The van der Waals surface area contributed by atoms with Crippen molar-refractivity contribution in [2.75, 3.05) is 20.2 Å². The van der Waals surface area contributed by atoms with Crippen LogP contribution in [0.3, 0.4) is 0 Å². The normalized spacial score (nSPS) is 26.5. The molecule has 17 heavy (non-hydrogen) atoms. The van der Waals surface area contributed by atoms with E-state index in [1.807, 2.05) is 11.8 Å². The molecule has 1 heterocycles. The summed E-state index contributed by atoms with van der Waals surface area (Å²) in [6.07, 6.45) is 4.11. The van der Waals surface area contributed by atoms with Crippen molar-refractivity contribution in [3.05, 3.63) is 0 Å². The molecule has 1 aliphatic carbocycles. The average molecular weight is 239 g/mol. The minimum Gasteiger partial charge on any atom is -0.469 e. The first-order valence-electron chi connectivity index (χ1n) is 6.50. The van der Waals surface area contributed by atoms with E-state index in [9.17, 15) is 9.59 Å². The van der Waals surface area contributed by atoms with Crippen molar-refractivity contribution >= 4 is 11.9 Å². The molecule has 1 amide bonds. The van der Waals surface area contributed by atoms with Gasteiger partial charge in [-0.15, -0.1) is 0 Å². The number of likely N-dealkylation sites (tertiary alicyclic amines) is 1. The Hall–Kier alpha value is -1.06. The largest absolute Gasteiger partial charge is 0.469 e. The molecule has 0 aromatic rings. The van der Waals surface area contributed by atoms with Gasteiger partial charge < -0.3 is 9.64 Å². The van der Waals surface area contributed by atoms with Crippen LogP contribution in [0, 0.1) is 17.8 Å². The van der Waals surface area contributed by atoms with Crippen molar-refractivity contribution in [3.8, 4) is 0 Å². The Balaban J connectivity index is 1.91. The van der Waals surface area contributed by atoms with E-state index in [1.165, 1.54) is 20.0 Å². The fourth-order valence-corrected chi connectivity index (χ4v) is 2.62. The number of carbonyl (C=O) groups excluding carboxylic acids is 2. The minimum atomic E-state index is -0.179. The predicted octanol–water partition coefficient (Wildman–Crippen LogP) is 1.44. The van der Waals surface area contributed by atoms with Gasteiger partial charge in [0.2, 0.25) is 5.91 Å². The van der Waals surface area contributed by atoms with Gasteiger partial charge in [0, 0.05) is 19.0 Å². The van der Waals surface area contributed by atoms with Gasteiger partial charge in [-0.05, 0) is 31.6 Å². The number of nitrogens with zero attached hydrogens (tertiary/aromatic N) is 1. The topological polar surface area (TPSA) is 46.6 Å². The zero-order chi connectivity index (χ0) is 12.4. The highest BCUT2D eigenvalue weighted by Gasteiger charge is 2.37. The fraction of sp³-hybridized carbons (Fsp3) is 0.846. The maximum atomic E-state index is 12.2. The second-order valence-corrected chi connectivity index (χ2v) is 5.27. The zero-order valence-electron chi connectivity index (χ0n) is 10.6. The van der Waals surface area contributed by atoms with E-state index in [1.54, 1.807) is 0 Å². The highest BCUT2D eigenvalue weighted by atomic mass is 16.5. The molecule has 96 valence electrons. The molecule has 2 atom stereocenters. The Morgan fingerprint density at radius 3 is 2.59 bits per heavy atom. The van der Waals surface area contributed by atoms with E-state index < -0.39 is 0 Å². The molecule has 0 spiro atoms. The van der Waals surface area contributed by atoms with Gasteiger partial charge in [0.15, 0.2) is 0 Å². The second-order valence-electron chi connectivity index (χ2n) is 5.27. The van der Waals surface area contributed by atoms with Crippen LogP contribution in [0.5, 0.6) is 0 Å². The summed E-state index contributed by atoms with van der Waals surface area (Å²) in [5.41, 5.74) is 0. The van der Waals surface area contributed by atoms with Crippen molar-refractivity contribution < 1.29 is 14.3 Å². The number of hydrogen-bond donors (Lipinski definition) is 0. The molecule has 0 radical (unpaired) electrons. The van der Waals surface area contributed by atoms with Gasteiger partial charge in [-0.25, -0.2) is 0 Å². The zero-order valence-corrected chi connectivity index (χ0v) is 10.6. The third kappa shape index (κ3) is 2.79. The molecule has 2 aliphatic rings. The van der Waals surface area contributed by atoms with Crippen LogP contribution in [0.1, 0.15) is 32.6 Å². The lowest BCUT2D eigenvalue weighted by Gasteiger charge is -2.33. The van der Waals surface area contributed by atoms with Crippen LogP contribution in [0.4, 0.5) is 0 Å². The number of rotatable bonds is 3. The van der Waals surface area contributed by atoms with Gasteiger partial charge in [0.05, 0.1) is 13.0 Å². The third-order valence-corrected chi connectivity index (χ3v) is 3.99. The van der Waals surface area contributed by atoms with Gasteiger partial charge in [0.1, 0.15) is 0 Å². The summed E-state index contributed by atoms with van der Waals surface area (Å²) in [6, 6.07) is 0. The quantitative estimate of drug-likeness (QED) is 0.700. The maximum absolute atomic E-state index is 12.2. The van der Waals surface area contributed by atoms with Crippen LogP contribution in [-0.4, -0.2) is 37.0 Å². The number of methoxy groups -OCH3 is 1. The maximum Gasteiger partial charge on any atom is 0.310 e. The van der Waals surface area contributed by atoms with E-state index in [0.29, 0.717) is 12.5 Å². The van der Waals surface area contributed by atoms with E-state index in [2.05, 4.69) is 0 Å².